The molecule has 3 rings (SSSR count). The molecule has 0 radical (unpaired) electrons. The van der Waals surface area contributed by atoms with Gasteiger partial charge in [-0.3, -0.25) is 4.79 Å². The second-order valence-corrected chi connectivity index (χ2v) is 6.30. The average Bonchev–Trinajstić information content (AvgIpc) is 2.91. The minimum Gasteiger partial charge on any atom is -0.480 e. The summed E-state index contributed by atoms with van der Waals surface area (Å²) in [6.07, 6.45) is 4.77. The van der Waals surface area contributed by atoms with Crippen molar-refractivity contribution in [1.29, 1.82) is 0 Å². The van der Waals surface area contributed by atoms with Crippen LogP contribution in [-0.2, 0) is 16.0 Å². The summed E-state index contributed by atoms with van der Waals surface area (Å²) in [5, 5.41) is 12.3. The van der Waals surface area contributed by atoms with Crippen molar-refractivity contribution in [2.45, 2.75) is 44.1 Å². The minimum absolute atomic E-state index is 0.194. The van der Waals surface area contributed by atoms with Crippen molar-refractivity contribution in [3.63, 3.8) is 0 Å². The van der Waals surface area contributed by atoms with Gasteiger partial charge in [0.1, 0.15) is 5.54 Å². The fourth-order valence-corrected chi connectivity index (χ4v) is 3.60. The van der Waals surface area contributed by atoms with Crippen LogP contribution in [-0.4, -0.2) is 35.6 Å². The maximum absolute atomic E-state index is 12.4. The van der Waals surface area contributed by atoms with Gasteiger partial charge in [-0.05, 0) is 30.9 Å². The molecule has 1 saturated carbocycles. The molecule has 0 aromatic heterocycles. The van der Waals surface area contributed by atoms with Gasteiger partial charge in [-0.25, -0.2) is 4.79 Å². The Hall–Kier alpha value is -2.04. The second-order valence-electron chi connectivity index (χ2n) is 6.30. The van der Waals surface area contributed by atoms with E-state index in [4.69, 9.17) is 0 Å². The zero-order valence-corrected chi connectivity index (χ0v) is 12.7. The molecule has 0 unspecified atom stereocenters. The predicted molar refractivity (Wildman–Crippen MR) is 84.0 cm³/mol. The third kappa shape index (κ3) is 2.80. The number of amides is 1. The molecule has 118 valence electrons. The molecule has 5 heteroatoms. The Morgan fingerprint density at radius 2 is 1.91 bits per heavy atom. The maximum atomic E-state index is 12.4. The summed E-state index contributed by atoms with van der Waals surface area (Å²) in [6.45, 7) is 1.04. The highest BCUT2D eigenvalue weighted by atomic mass is 16.4. The number of nitrogens with zero attached hydrogens (tertiary/aromatic N) is 1. The molecule has 22 heavy (non-hydrogen) atoms. The van der Waals surface area contributed by atoms with Crippen LogP contribution < -0.4 is 10.2 Å². The number of nitrogens with one attached hydrogen (secondary N) is 1. The molecule has 1 aliphatic carbocycles. The Bertz CT molecular complexity index is 579. The Labute approximate surface area is 130 Å². The fraction of sp³-hybridized carbons (Fsp3) is 0.529. The predicted octanol–water partition coefficient (Wildman–Crippen LogP) is 1.95. The molecular formula is C17H22N2O3. The van der Waals surface area contributed by atoms with Crippen molar-refractivity contribution >= 4 is 17.6 Å². The lowest BCUT2D eigenvalue weighted by atomic mass is 9.81. The Morgan fingerprint density at radius 3 is 2.64 bits per heavy atom. The molecule has 0 atom stereocenters. The standard InChI is InChI=1S/C17H22N2O3/c20-15(18-17(16(21)22)9-4-1-5-10-17)12-19-11-8-13-6-2-3-7-14(13)19/h2-3,6-7H,1,4-5,8-12H2,(H,18,20)(H,21,22). The van der Waals surface area contributed by atoms with Gasteiger partial charge in [0, 0.05) is 12.2 Å². The number of fused-ring (bicyclic) bond motifs is 1. The molecule has 0 bridgehead atoms. The number of hydrogen-bond donors (Lipinski definition) is 2. The first-order chi connectivity index (χ1) is 10.6. The molecule has 1 aliphatic heterocycles. The molecule has 1 aromatic rings. The molecule has 5 nitrogen and oxygen atoms in total. The number of rotatable bonds is 4. The average molecular weight is 302 g/mol. The number of hydrogen-bond acceptors (Lipinski definition) is 3. The van der Waals surface area contributed by atoms with Crippen LogP contribution in [0.4, 0.5) is 5.69 Å². The van der Waals surface area contributed by atoms with Crippen LogP contribution in [0.2, 0.25) is 0 Å². The number of carboxylic acids is 1. The van der Waals surface area contributed by atoms with Gasteiger partial charge in [0.2, 0.25) is 5.91 Å². The normalized spacial score (nSPS) is 19.5. The molecular weight excluding hydrogens is 280 g/mol. The van der Waals surface area contributed by atoms with Crippen LogP contribution in [0.1, 0.15) is 37.7 Å². The largest absolute Gasteiger partial charge is 0.480 e. The second kappa shape index (κ2) is 5.99. The Balaban J connectivity index is 1.66. The first-order valence-corrected chi connectivity index (χ1v) is 7.98. The van der Waals surface area contributed by atoms with Gasteiger partial charge in [0.25, 0.3) is 0 Å². The molecule has 2 aliphatic rings. The van der Waals surface area contributed by atoms with Crippen LogP contribution in [0.5, 0.6) is 0 Å². The third-order valence-corrected chi connectivity index (χ3v) is 4.81. The quantitative estimate of drug-likeness (QED) is 0.892. The SMILES string of the molecule is O=C(CN1CCc2ccccc21)NC1(C(=O)O)CCCCC1. The smallest absolute Gasteiger partial charge is 0.329 e. The lowest BCUT2D eigenvalue weighted by Gasteiger charge is -2.34. The highest BCUT2D eigenvalue weighted by Gasteiger charge is 2.41. The number of benzene rings is 1. The maximum Gasteiger partial charge on any atom is 0.329 e. The van der Waals surface area contributed by atoms with Gasteiger partial charge in [0.15, 0.2) is 0 Å². The van der Waals surface area contributed by atoms with Crippen molar-refractivity contribution in [2.24, 2.45) is 0 Å². The Morgan fingerprint density at radius 1 is 1.18 bits per heavy atom. The van der Waals surface area contributed by atoms with Gasteiger partial charge in [-0.1, -0.05) is 37.5 Å². The van der Waals surface area contributed by atoms with Crippen LogP contribution in [0.25, 0.3) is 0 Å². The fourth-order valence-electron chi connectivity index (χ4n) is 3.60. The van der Waals surface area contributed by atoms with E-state index in [1.807, 2.05) is 23.1 Å². The molecule has 1 amide bonds. The minimum atomic E-state index is -1.06. The van der Waals surface area contributed by atoms with Crippen LogP contribution in [0.15, 0.2) is 24.3 Å². The van der Waals surface area contributed by atoms with Crippen molar-refractivity contribution < 1.29 is 14.7 Å². The first kappa shape index (κ1) is 14.9. The lowest BCUT2D eigenvalue weighted by molar-refractivity contribution is -0.149. The zero-order chi connectivity index (χ0) is 15.6. The number of para-hydroxylation sites is 1. The van der Waals surface area contributed by atoms with E-state index in [1.165, 1.54) is 5.56 Å². The van der Waals surface area contributed by atoms with Crippen LogP contribution in [0, 0.1) is 0 Å². The molecule has 0 spiro atoms. The van der Waals surface area contributed by atoms with Crippen molar-refractivity contribution in [2.75, 3.05) is 18.0 Å². The molecule has 1 aromatic carbocycles. The van der Waals surface area contributed by atoms with Gasteiger partial charge in [-0.15, -0.1) is 0 Å². The monoisotopic (exact) mass is 302 g/mol. The van der Waals surface area contributed by atoms with Crippen molar-refractivity contribution in [3.05, 3.63) is 29.8 Å². The van der Waals surface area contributed by atoms with E-state index in [0.717, 1.165) is 37.9 Å². The van der Waals surface area contributed by atoms with E-state index in [1.54, 1.807) is 0 Å². The van der Waals surface area contributed by atoms with E-state index in [2.05, 4.69) is 11.4 Å². The van der Waals surface area contributed by atoms with E-state index in [-0.39, 0.29) is 12.5 Å². The topological polar surface area (TPSA) is 69.6 Å². The van der Waals surface area contributed by atoms with E-state index < -0.39 is 11.5 Å². The lowest BCUT2D eigenvalue weighted by Crippen LogP contribution is -2.57. The van der Waals surface area contributed by atoms with E-state index in [9.17, 15) is 14.7 Å². The van der Waals surface area contributed by atoms with Crippen molar-refractivity contribution in [3.8, 4) is 0 Å². The number of carbonyl (C=O) groups excluding carboxylic acids is 1. The Kier molecular flexibility index (Phi) is 4.05. The van der Waals surface area contributed by atoms with Crippen molar-refractivity contribution in [1.82, 2.24) is 5.32 Å². The number of aliphatic carboxylic acids is 1. The third-order valence-electron chi connectivity index (χ3n) is 4.81. The highest BCUT2D eigenvalue weighted by Crippen LogP contribution is 2.29. The zero-order valence-electron chi connectivity index (χ0n) is 12.7. The number of anilines is 1. The van der Waals surface area contributed by atoms with Gasteiger partial charge in [0.05, 0.1) is 6.54 Å². The molecule has 2 N–H and O–H groups in total. The summed E-state index contributed by atoms with van der Waals surface area (Å²) in [5.74, 6) is -1.09. The molecule has 0 saturated heterocycles. The summed E-state index contributed by atoms with van der Waals surface area (Å²) in [6, 6.07) is 8.06. The first-order valence-electron chi connectivity index (χ1n) is 7.98. The van der Waals surface area contributed by atoms with Gasteiger partial charge < -0.3 is 15.3 Å². The summed E-state index contributed by atoms with van der Waals surface area (Å²) in [5.41, 5.74) is 1.28. The van der Waals surface area contributed by atoms with E-state index in [0.29, 0.717) is 12.8 Å². The number of carbonyl (C=O) groups is 2. The molecule has 1 heterocycles. The van der Waals surface area contributed by atoms with Crippen LogP contribution >= 0.6 is 0 Å². The van der Waals surface area contributed by atoms with E-state index >= 15 is 0 Å². The summed E-state index contributed by atoms with van der Waals surface area (Å²) in [7, 11) is 0. The van der Waals surface area contributed by atoms with Crippen LogP contribution in [0.3, 0.4) is 0 Å². The molecule has 1 fully saturated rings. The van der Waals surface area contributed by atoms with Gasteiger partial charge in [-0.2, -0.15) is 0 Å². The summed E-state index contributed by atoms with van der Waals surface area (Å²) < 4.78 is 0. The number of carboxylic acid groups (broad SMARTS) is 1. The summed E-state index contributed by atoms with van der Waals surface area (Å²) in [4.78, 5) is 26.0. The summed E-state index contributed by atoms with van der Waals surface area (Å²) >= 11 is 0. The van der Waals surface area contributed by atoms with Gasteiger partial charge >= 0.3 is 5.97 Å². The highest BCUT2D eigenvalue weighted by molar-refractivity contribution is 5.89.